The monoisotopic (exact) mass is 556 g/mol. The first-order valence-corrected chi connectivity index (χ1v) is 12.6. The predicted molar refractivity (Wildman–Crippen MR) is 143 cm³/mol. The number of halogens is 1. The number of ether oxygens (including phenoxy) is 4. The average molecular weight is 557 g/mol. The van der Waals surface area contributed by atoms with Gasteiger partial charge in [0.15, 0.2) is 17.3 Å². The number of allylic oxidation sites excluding steroid dienone is 3. The van der Waals surface area contributed by atoms with Gasteiger partial charge in [-0.25, -0.2) is 4.79 Å². The number of methoxy groups -OCH3 is 3. The van der Waals surface area contributed by atoms with Crippen molar-refractivity contribution >= 4 is 29.0 Å². The largest absolute Gasteiger partial charge is 0.493 e. The van der Waals surface area contributed by atoms with Crippen LogP contribution < -0.4 is 14.8 Å². The number of nitro groups is 1. The molecule has 0 saturated heterocycles. The van der Waals surface area contributed by atoms with Gasteiger partial charge in [0.25, 0.3) is 5.69 Å². The molecule has 11 heteroatoms. The molecule has 0 radical (unpaired) electrons. The van der Waals surface area contributed by atoms with Gasteiger partial charge < -0.3 is 24.3 Å². The molecule has 39 heavy (non-hydrogen) atoms. The maximum absolute atomic E-state index is 13.8. The number of dihydropyridines is 1. The highest BCUT2D eigenvalue weighted by Gasteiger charge is 2.42. The van der Waals surface area contributed by atoms with Gasteiger partial charge in [0.2, 0.25) is 0 Å². The number of hydrogen-bond donors (Lipinski definition) is 1. The Kier molecular flexibility index (Phi) is 8.57. The van der Waals surface area contributed by atoms with Gasteiger partial charge in [-0.3, -0.25) is 14.9 Å². The van der Waals surface area contributed by atoms with Gasteiger partial charge in [0.1, 0.15) is 11.6 Å². The van der Waals surface area contributed by atoms with E-state index in [1.807, 2.05) is 12.1 Å². The summed E-state index contributed by atoms with van der Waals surface area (Å²) in [5, 5.41) is 14.9. The van der Waals surface area contributed by atoms with Crippen LogP contribution in [0.1, 0.15) is 42.7 Å². The van der Waals surface area contributed by atoms with Crippen LogP contribution in [0.3, 0.4) is 0 Å². The Hall–Kier alpha value is -3.89. The summed E-state index contributed by atoms with van der Waals surface area (Å²) in [6.45, 7) is 1.93. The van der Waals surface area contributed by atoms with Crippen LogP contribution in [0.2, 0.25) is 5.02 Å². The number of Topliss-reactive ketones (excluding diaryl/α,β-unsaturated/α-hetero) is 1. The Morgan fingerprint density at radius 3 is 2.44 bits per heavy atom. The lowest BCUT2D eigenvalue weighted by atomic mass is 9.71. The number of nitrogens with zero attached hydrogens (tertiary/aromatic N) is 1. The van der Waals surface area contributed by atoms with Crippen molar-refractivity contribution in [1.82, 2.24) is 5.32 Å². The van der Waals surface area contributed by atoms with E-state index in [1.54, 1.807) is 33.3 Å². The van der Waals surface area contributed by atoms with Crippen molar-refractivity contribution in [3.63, 3.8) is 0 Å². The lowest BCUT2D eigenvalue weighted by Gasteiger charge is -2.36. The number of esters is 1. The molecule has 0 amide bonds. The van der Waals surface area contributed by atoms with Crippen LogP contribution in [0.15, 0.2) is 58.9 Å². The van der Waals surface area contributed by atoms with E-state index in [9.17, 15) is 19.7 Å². The minimum atomic E-state index is -0.869. The average Bonchev–Trinajstić information content (AvgIpc) is 2.91. The van der Waals surface area contributed by atoms with Gasteiger partial charge in [-0.15, -0.1) is 0 Å². The Morgan fingerprint density at radius 2 is 1.77 bits per heavy atom. The molecule has 0 unspecified atom stereocenters. The number of carbonyl (C=O) groups excluding carboxylic acids is 2. The lowest BCUT2D eigenvalue weighted by Crippen LogP contribution is -2.36. The van der Waals surface area contributed by atoms with Gasteiger partial charge in [-0.05, 0) is 48.6 Å². The molecule has 1 aliphatic heterocycles. The van der Waals surface area contributed by atoms with Crippen LogP contribution in [0.5, 0.6) is 11.5 Å². The highest BCUT2D eigenvalue weighted by Crippen LogP contribution is 2.47. The Bertz CT molecular complexity index is 1380. The predicted octanol–water partition coefficient (Wildman–Crippen LogP) is 4.82. The van der Waals surface area contributed by atoms with E-state index in [1.165, 1.54) is 19.2 Å². The highest BCUT2D eigenvalue weighted by atomic mass is 35.5. The molecule has 0 aromatic heterocycles. The second-order valence-corrected chi connectivity index (χ2v) is 9.64. The van der Waals surface area contributed by atoms with Gasteiger partial charge in [-0.1, -0.05) is 23.7 Å². The molecular formula is C28H29ClN2O8. The maximum atomic E-state index is 13.8. The molecule has 0 saturated carbocycles. The molecule has 0 fully saturated rings. The standard InChI is InChI=1S/C28H29ClN2O8/c1-15-25(28(33)39-10-9-36-2)26(17-5-7-19(29)21(12-17)31(34)35)27-20(30-15)11-18(13-22(27)32)16-6-8-23(37-3)24(14-16)38-4/h5-8,12,14,18,26,30H,9-11,13H2,1-4H3/t18-,26-/m0/s1. The van der Waals surface area contributed by atoms with E-state index in [0.29, 0.717) is 40.5 Å². The summed E-state index contributed by atoms with van der Waals surface area (Å²) in [6.07, 6.45) is 0.652. The molecule has 1 heterocycles. The summed E-state index contributed by atoms with van der Waals surface area (Å²) in [7, 11) is 4.59. The molecular weight excluding hydrogens is 528 g/mol. The number of nitro benzene ring substituents is 1. The van der Waals surface area contributed by atoms with Gasteiger partial charge in [-0.2, -0.15) is 0 Å². The van der Waals surface area contributed by atoms with Crippen molar-refractivity contribution in [2.24, 2.45) is 0 Å². The topological polar surface area (TPSA) is 126 Å². The third-order valence-corrected chi connectivity index (χ3v) is 7.27. The zero-order valence-corrected chi connectivity index (χ0v) is 22.8. The molecule has 0 bridgehead atoms. The molecule has 2 aliphatic rings. The summed E-state index contributed by atoms with van der Waals surface area (Å²) in [5.41, 5.74) is 2.73. The first-order valence-electron chi connectivity index (χ1n) is 12.3. The van der Waals surface area contributed by atoms with Crippen molar-refractivity contribution in [2.75, 3.05) is 34.5 Å². The van der Waals surface area contributed by atoms with Gasteiger partial charge >= 0.3 is 5.97 Å². The van der Waals surface area contributed by atoms with Gasteiger partial charge in [0.05, 0.1) is 31.3 Å². The summed E-state index contributed by atoms with van der Waals surface area (Å²) in [5.74, 6) is -0.707. The third-order valence-electron chi connectivity index (χ3n) is 6.95. The number of ketones is 1. The van der Waals surface area contributed by atoms with Crippen molar-refractivity contribution in [2.45, 2.75) is 31.6 Å². The second-order valence-electron chi connectivity index (χ2n) is 9.23. The van der Waals surface area contributed by atoms with Crippen LogP contribution in [0.4, 0.5) is 5.69 Å². The number of benzene rings is 2. The second kappa shape index (κ2) is 11.9. The number of hydrogen-bond acceptors (Lipinski definition) is 9. The fraction of sp³-hybridized carbons (Fsp3) is 0.357. The minimum Gasteiger partial charge on any atom is -0.493 e. The Labute approximate surface area is 230 Å². The fourth-order valence-electron chi connectivity index (χ4n) is 5.13. The molecule has 0 spiro atoms. The normalized spacial score (nSPS) is 18.8. The molecule has 10 nitrogen and oxygen atoms in total. The summed E-state index contributed by atoms with van der Waals surface area (Å²) >= 11 is 6.07. The van der Waals surface area contributed by atoms with Crippen LogP contribution in [-0.2, 0) is 19.1 Å². The Balaban J connectivity index is 1.79. The van der Waals surface area contributed by atoms with Crippen LogP contribution >= 0.6 is 11.6 Å². The van der Waals surface area contributed by atoms with E-state index in [2.05, 4.69) is 5.32 Å². The van der Waals surface area contributed by atoms with Crippen LogP contribution in [0, 0.1) is 10.1 Å². The Morgan fingerprint density at radius 1 is 1.05 bits per heavy atom. The van der Waals surface area contributed by atoms with E-state index in [-0.39, 0.29) is 47.6 Å². The fourth-order valence-corrected chi connectivity index (χ4v) is 5.32. The van der Waals surface area contributed by atoms with E-state index < -0.39 is 16.8 Å². The summed E-state index contributed by atoms with van der Waals surface area (Å²) in [4.78, 5) is 38.1. The maximum Gasteiger partial charge on any atom is 0.336 e. The molecule has 4 rings (SSSR count). The SMILES string of the molecule is COCCOC(=O)C1=C(C)NC2=C(C(=O)C[C@@H](c3ccc(OC)c(OC)c3)C2)[C@H]1c1ccc(Cl)c([N+](=O)[O-])c1. The van der Waals surface area contributed by atoms with Crippen molar-refractivity contribution < 1.29 is 33.5 Å². The molecule has 1 aliphatic carbocycles. The van der Waals surface area contributed by atoms with Gasteiger partial charge in [0, 0.05) is 42.5 Å². The van der Waals surface area contributed by atoms with E-state index >= 15 is 0 Å². The molecule has 2 atom stereocenters. The highest BCUT2D eigenvalue weighted by molar-refractivity contribution is 6.32. The third kappa shape index (κ3) is 5.62. The van der Waals surface area contributed by atoms with Crippen LogP contribution in [0.25, 0.3) is 0 Å². The molecule has 1 N–H and O–H groups in total. The number of carbonyl (C=O) groups is 2. The van der Waals surface area contributed by atoms with Crippen molar-refractivity contribution in [1.29, 1.82) is 0 Å². The summed E-state index contributed by atoms with van der Waals surface area (Å²) in [6, 6.07) is 9.86. The van der Waals surface area contributed by atoms with Crippen molar-refractivity contribution in [3.05, 3.63) is 85.2 Å². The quantitative estimate of drug-likeness (QED) is 0.200. The first-order chi connectivity index (χ1) is 18.7. The van der Waals surface area contributed by atoms with Crippen molar-refractivity contribution in [3.8, 4) is 11.5 Å². The van der Waals surface area contributed by atoms with Crippen LogP contribution in [-0.4, -0.2) is 51.2 Å². The zero-order valence-electron chi connectivity index (χ0n) is 22.0. The molecule has 206 valence electrons. The zero-order chi connectivity index (χ0) is 28.3. The minimum absolute atomic E-state index is 0.0147. The first kappa shape index (κ1) is 28.1. The smallest absolute Gasteiger partial charge is 0.336 e. The van der Waals surface area contributed by atoms with E-state index in [0.717, 1.165) is 5.56 Å². The molecule has 2 aromatic rings. The van der Waals surface area contributed by atoms with E-state index in [4.69, 9.17) is 30.5 Å². The number of nitrogens with one attached hydrogen (secondary N) is 1. The molecule has 2 aromatic carbocycles. The summed E-state index contributed by atoms with van der Waals surface area (Å²) < 4.78 is 21.2. The lowest BCUT2D eigenvalue weighted by molar-refractivity contribution is -0.384. The number of rotatable bonds is 9.